The molecule has 1 aliphatic carbocycles. The number of anilines is 1. The van der Waals surface area contributed by atoms with E-state index in [9.17, 15) is 18.0 Å². The number of pyridine rings is 1. The number of halogens is 1. The molecule has 3 aliphatic heterocycles. The molecule has 39 heavy (non-hydrogen) atoms. The van der Waals surface area contributed by atoms with Crippen LogP contribution >= 0.6 is 11.6 Å². The number of ether oxygens (including phenoxy) is 1. The first-order valence-corrected chi connectivity index (χ1v) is 15.3. The summed E-state index contributed by atoms with van der Waals surface area (Å²) in [6, 6.07) is 8.41. The fourth-order valence-corrected chi connectivity index (χ4v) is 6.81. The summed E-state index contributed by atoms with van der Waals surface area (Å²) in [5.74, 6) is -0.260. The van der Waals surface area contributed by atoms with Crippen molar-refractivity contribution < 1.29 is 17.9 Å². The van der Waals surface area contributed by atoms with Crippen molar-refractivity contribution >= 4 is 44.3 Å². The number of rotatable bonds is 4. The zero-order valence-corrected chi connectivity index (χ0v) is 23.3. The Morgan fingerprint density at radius 2 is 1.87 bits per heavy atom. The summed E-state index contributed by atoms with van der Waals surface area (Å²) < 4.78 is 31.9. The molecule has 0 spiro atoms. The van der Waals surface area contributed by atoms with Crippen molar-refractivity contribution in [1.82, 2.24) is 14.8 Å². The minimum Gasteiger partial charge on any atom is -0.378 e. The molecule has 1 fully saturated rings. The highest BCUT2D eigenvalue weighted by Crippen LogP contribution is 2.45. The van der Waals surface area contributed by atoms with Gasteiger partial charge in [-0.3, -0.25) is 9.59 Å². The van der Waals surface area contributed by atoms with Crippen LogP contribution in [-0.4, -0.2) is 74.2 Å². The number of carbonyl (C=O) groups is 1. The van der Waals surface area contributed by atoms with Gasteiger partial charge in [0.05, 0.1) is 36.3 Å². The molecule has 0 bridgehead atoms. The van der Waals surface area contributed by atoms with E-state index in [0.717, 1.165) is 16.8 Å². The number of nitrogens with one attached hydrogen (secondary N) is 1. The second-order valence-corrected chi connectivity index (χ2v) is 13.0. The highest BCUT2D eigenvalue weighted by atomic mass is 35.5. The van der Waals surface area contributed by atoms with Gasteiger partial charge in [0.2, 0.25) is 5.91 Å². The van der Waals surface area contributed by atoms with E-state index in [1.807, 2.05) is 36.5 Å². The fourth-order valence-electron chi connectivity index (χ4n) is 5.88. The number of hydrogen-bond donors (Lipinski definition) is 1. The van der Waals surface area contributed by atoms with E-state index in [4.69, 9.17) is 16.3 Å². The van der Waals surface area contributed by atoms with Crippen LogP contribution in [0.4, 0.5) is 5.69 Å². The number of allylic oxidation sites excluding steroid dienone is 1. The Labute approximate surface area is 231 Å². The van der Waals surface area contributed by atoms with Gasteiger partial charge in [-0.2, -0.15) is 0 Å². The quantitative estimate of drug-likeness (QED) is 0.603. The zero-order chi connectivity index (χ0) is 27.5. The van der Waals surface area contributed by atoms with Crippen molar-refractivity contribution in [3.63, 3.8) is 0 Å². The third kappa shape index (κ3) is 4.70. The van der Waals surface area contributed by atoms with Gasteiger partial charge >= 0.3 is 0 Å². The van der Waals surface area contributed by atoms with Crippen LogP contribution in [0.1, 0.15) is 17.5 Å². The predicted octanol–water partition coefficient (Wildman–Crippen LogP) is 2.18. The average molecular weight is 569 g/mol. The number of carbonyl (C=O) groups excluding carboxylic acids is 1. The molecule has 6 rings (SSSR count). The maximum atomic E-state index is 13.7. The first-order chi connectivity index (χ1) is 18.6. The molecule has 4 aliphatic rings. The van der Waals surface area contributed by atoms with Crippen LogP contribution in [0.2, 0.25) is 5.02 Å². The second kappa shape index (κ2) is 9.69. The Morgan fingerprint density at radius 3 is 2.56 bits per heavy atom. The number of amides is 1. The smallest absolute Gasteiger partial charge is 0.260 e. The zero-order valence-electron chi connectivity index (χ0n) is 21.7. The summed E-state index contributed by atoms with van der Waals surface area (Å²) in [5, 5.41) is 4.05. The van der Waals surface area contributed by atoms with E-state index in [2.05, 4.69) is 10.2 Å². The van der Waals surface area contributed by atoms with E-state index in [1.165, 1.54) is 10.8 Å². The molecule has 9 nitrogen and oxygen atoms in total. The van der Waals surface area contributed by atoms with Crippen molar-refractivity contribution in [1.29, 1.82) is 0 Å². The SMILES string of the molecule is Cn1ccc2c(c1=O)C1=C3C(=CN(c4ccc(Cl)cc4)C3CC(C(=O)N3CCOCC3)N1)C=C2CS(C)(=O)=O. The van der Waals surface area contributed by atoms with Crippen LogP contribution < -0.4 is 15.8 Å². The Bertz CT molecular complexity index is 1620. The molecule has 11 heteroatoms. The molecular formula is C28H29ClN4O5S. The van der Waals surface area contributed by atoms with Crippen LogP contribution in [0.5, 0.6) is 0 Å². The lowest BCUT2D eigenvalue weighted by Crippen LogP contribution is -2.54. The molecular weight excluding hydrogens is 540 g/mol. The summed E-state index contributed by atoms with van der Waals surface area (Å²) in [6.45, 7) is 1.99. The van der Waals surface area contributed by atoms with Gasteiger partial charge in [-0.05, 0) is 53.1 Å². The standard InChI is InChI=1S/C28H29ClN4O5S/c1-31-8-7-21-18(16-39(2,36)37)13-17-15-33(20-5-3-19(29)4-6-20)23-14-22(27(34)32-9-11-38-12-10-32)30-26(24(17)23)25(21)28(31)35/h3-8,13,15,22-23,30H,9-12,14,16H2,1-2H3. The summed E-state index contributed by atoms with van der Waals surface area (Å²) in [6.07, 6.45) is 7.15. The molecule has 1 aromatic carbocycles. The Morgan fingerprint density at radius 1 is 1.15 bits per heavy atom. The summed E-state index contributed by atoms with van der Waals surface area (Å²) in [4.78, 5) is 31.3. The van der Waals surface area contributed by atoms with Gasteiger partial charge in [0.1, 0.15) is 6.04 Å². The first-order valence-electron chi connectivity index (χ1n) is 12.8. The number of benzene rings is 1. The number of morpholine rings is 1. The predicted molar refractivity (Wildman–Crippen MR) is 151 cm³/mol. The van der Waals surface area contributed by atoms with Crippen molar-refractivity contribution in [2.24, 2.45) is 7.05 Å². The van der Waals surface area contributed by atoms with Crippen LogP contribution in [0, 0.1) is 0 Å². The number of aromatic nitrogens is 1. The third-order valence-corrected chi connectivity index (χ3v) is 8.75. The lowest BCUT2D eigenvalue weighted by atomic mass is 9.87. The highest BCUT2D eigenvalue weighted by molar-refractivity contribution is 7.91. The number of fused-ring (bicyclic) bond motifs is 2. The van der Waals surface area contributed by atoms with Gasteiger partial charge < -0.3 is 24.4 Å². The molecule has 1 saturated heterocycles. The molecule has 2 aromatic rings. The van der Waals surface area contributed by atoms with Crippen LogP contribution in [0.3, 0.4) is 0 Å². The van der Waals surface area contributed by atoms with Crippen LogP contribution in [0.25, 0.3) is 11.3 Å². The summed E-state index contributed by atoms with van der Waals surface area (Å²) >= 11 is 6.17. The van der Waals surface area contributed by atoms with Gasteiger partial charge in [-0.25, -0.2) is 8.42 Å². The Hall–Kier alpha value is -3.34. The molecule has 4 heterocycles. The number of aryl methyl sites for hydroxylation is 1. The van der Waals surface area contributed by atoms with E-state index >= 15 is 0 Å². The first kappa shape index (κ1) is 25.9. The maximum Gasteiger partial charge on any atom is 0.260 e. The van der Waals surface area contributed by atoms with Crippen molar-refractivity contribution in [3.8, 4) is 0 Å². The van der Waals surface area contributed by atoms with Crippen LogP contribution in [-0.2, 0) is 26.4 Å². The molecule has 0 saturated carbocycles. The van der Waals surface area contributed by atoms with E-state index in [1.54, 1.807) is 24.2 Å². The third-order valence-electron chi connectivity index (χ3n) is 7.66. The molecule has 2 atom stereocenters. The molecule has 0 radical (unpaired) electrons. The molecule has 1 aromatic heterocycles. The average Bonchev–Trinajstić information content (AvgIpc) is 3.21. The van der Waals surface area contributed by atoms with E-state index in [0.29, 0.717) is 60.1 Å². The topological polar surface area (TPSA) is 101 Å². The lowest BCUT2D eigenvalue weighted by molar-refractivity contribution is -0.137. The van der Waals surface area contributed by atoms with E-state index < -0.39 is 15.9 Å². The van der Waals surface area contributed by atoms with Gasteiger partial charge in [0.25, 0.3) is 5.56 Å². The van der Waals surface area contributed by atoms with Crippen molar-refractivity contribution in [2.45, 2.75) is 18.5 Å². The number of sulfone groups is 1. The van der Waals surface area contributed by atoms with Gasteiger partial charge in [0, 0.05) is 61.5 Å². The molecule has 1 amide bonds. The summed E-state index contributed by atoms with van der Waals surface area (Å²) in [7, 11) is -1.74. The maximum absolute atomic E-state index is 13.7. The Balaban J connectivity index is 1.55. The van der Waals surface area contributed by atoms with Gasteiger partial charge in [-0.15, -0.1) is 0 Å². The molecule has 2 unspecified atom stereocenters. The summed E-state index contributed by atoms with van der Waals surface area (Å²) in [5.41, 5.74) is 4.38. The fraction of sp³-hybridized carbons (Fsp3) is 0.357. The number of hydrogen-bond acceptors (Lipinski definition) is 7. The van der Waals surface area contributed by atoms with Crippen molar-refractivity contribution in [3.05, 3.63) is 86.5 Å². The van der Waals surface area contributed by atoms with Gasteiger partial charge in [-0.1, -0.05) is 11.6 Å². The highest BCUT2D eigenvalue weighted by Gasteiger charge is 2.44. The molecule has 204 valence electrons. The van der Waals surface area contributed by atoms with E-state index in [-0.39, 0.29) is 23.3 Å². The lowest BCUT2D eigenvalue weighted by Gasteiger charge is -2.39. The largest absolute Gasteiger partial charge is 0.378 e. The van der Waals surface area contributed by atoms with Gasteiger partial charge in [0.15, 0.2) is 9.84 Å². The Kier molecular flexibility index (Phi) is 6.44. The minimum absolute atomic E-state index is 0.0442. The molecule has 1 N–H and O–H groups in total. The minimum atomic E-state index is -3.41. The normalized spacial score (nSPS) is 22.4. The monoisotopic (exact) mass is 568 g/mol. The van der Waals surface area contributed by atoms with Crippen molar-refractivity contribution in [2.75, 3.05) is 43.2 Å². The van der Waals surface area contributed by atoms with Crippen LogP contribution in [0.15, 0.2) is 64.7 Å². The number of nitrogens with zero attached hydrogens (tertiary/aromatic N) is 3. The second-order valence-electron chi connectivity index (χ2n) is 10.4.